The molecule has 0 saturated carbocycles. The molecule has 1 saturated heterocycles. The van der Waals surface area contributed by atoms with Gasteiger partial charge in [-0.05, 0) is 25.0 Å². The van der Waals surface area contributed by atoms with E-state index in [2.05, 4.69) is 25.3 Å². The molecule has 5 heterocycles. The molecule has 1 fully saturated rings. The van der Waals surface area contributed by atoms with Gasteiger partial charge in [0.25, 0.3) is 5.56 Å². The molecule has 5 rings (SSSR count). The Labute approximate surface area is 209 Å². The lowest BCUT2D eigenvalue weighted by atomic mass is 10.0. The van der Waals surface area contributed by atoms with Crippen LogP contribution in [0.3, 0.4) is 0 Å². The average molecular weight is 505 g/mol. The highest BCUT2D eigenvalue weighted by molar-refractivity contribution is 6.01. The quantitative estimate of drug-likeness (QED) is 0.375. The number of aromatic nitrogens is 6. The molecule has 1 aliphatic rings. The van der Waals surface area contributed by atoms with Crippen molar-refractivity contribution in [2.24, 2.45) is 0 Å². The molecule has 0 unspecified atom stereocenters. The van der Waals surface area contributed by atoms with E-state index in [0.29, 0.717) is 53.7 Å². The zero-order valence-corrected chi connectivity index (χ0v) is 20.2. The van der Waals surface area contributed by atoms with Crippen LogP contribution in [0.1, 0.15) is 25.8 Å². The number of likely N-dealkylation sites (tertiary alicyclic amines) is 1. The first-order valence-electron chi connectivity index (χ1n) is 11.7. The Hall–Kier alpha value is -4.52. The van der Waals surface area contributed by atoms with Crippen LogP contribution in [0.4, 0.5) is 5.95 Å². The number of methoxy groups -OCH3 is 1. The number of rotatable bonds is 5. The maximum absolute atomic E-state index is 13.1. The van der Waals surface area contributed by atoms with Crippen LogP contribution < -0.4 is 16.6 Å². The van der Waals surface area contributed by atoms with Crippen molar-refractivity contribution in [3.8, 4) is 11.3 Å². The topological polar surface area (TPSA) is 165 Å². The normalized spacial score (nSPS) is 14.3. The number of amides is 2. The van der Waals surface area contributed by atoms with Gasteiger partial charge in [-0.2, -0.15) is 0 Å². The molecule has 1 aliphatic heterocycles. The van der Waals surface area contributed by atoms with Crippen LogP contribution in [0.5, 0.6) is 0 Å². The minimum Gasteiger partial charge on any atom is -0.375 e. The van der Waals surface area contributed by atoms with E-state index in [1.54, 1.807) is 21.6 Å². The van der Waals surface area contributed by atoms with Crippen molar-refractivity contribution < 1.29 is 14.3 Å². The number of aromatic amines is 1. The number of pyridine rings is 2. The highest BCUT2D eigenvalue weighted by atomic mass is 16.5. The molecule has 13 heteroatoms. The first kappa shape index (κ1) is 24.2. The second-order valence-corrected chi connectivity index (χ2v) is 8.74. The van der Waals surface area contributed by atoms with Gasteiger partial charge in [0.05, 0.1) is 22.1 Å². The molecule has 2 N–H and O–H groups in total. The molecular formula is C24H24N8O5. The van der Waals surface area contributed by atoms with Gasteiger partial charge in [0, 0.05) is 57.3 Å². The molecule has 4 aromatic rings. The van der Waals surface area contributed by atoms with Crippen molar-refractivity contribution in [2.45, 2.75) is 25.8 Å². The number of hydrogen-bond donors (Lipinski definition) is 2. The molecule has 0 aromatic carbocycles. The van der Waals surface area contributed by atoms with E-state index in [-0.39, 0.29) is 35.8 Å². The van der Waals surface area contributed by atoms with Crippen LogP contribution in [0.25, 0.3) is 33.2 Å². The van der Waals surface area contributed by atoms with Gasteiger partial charge in [-0.15, -0.1) is 0 Å². The average Bonchev–Trinajstić information content (AvgIpc) is 2.89. The Morgan fingerprint density at radius 3 is 2.51 bits per heavy atom. The van der Waals surface area contributed by atoms with E-state index in [4.69, 9.17) is 9.72 Å². The Bertz CT molecular complexity index is 1620. The van der Waals surface area contributed by atoms with Crippen LogP contribution in [-0.2, 0) is 14.3 Å². The zero-order chi connectivity index (χ0) is 26.1. The standard InChI is InChI=1S/C24H24N8O5/c1-13(33)28-23-26-9-14(10-27-23)17-3-4-18-20(29-17)21-16(11-25-18)22(35)30-24(36)32(21)15-5-7-31(8-6-15)19(34)12-37-2/h3-4,9-11,15H,5-8,12H2,1-2H3,(H,30,35,36)(H,26,27,28,33). The third-order valence-corrected chi connectivity index (χ3v) is 6.30. The first-order valence-corrected chi connectivity index (χ1v) is 11.7. The smallest absolute Gasteiger partial charge is 0.329 e. The Kier molecular flexibility index (Phi) is 6.44. The van der Waals surface area contributed by atoms with Gasteiger partial charge >= 0.3 is 5.69 Å². The van der Waals surface area contributed by atoms with Gasteiger partial charge in [-0.25, -0.2) is 19.7 Å². The van der Waals surface area contributed by atoms with E-state index >= 15 is 0 Å². The molecule has 4 aromatic heterocycles. The third kappa shape index (κ3) is 4.68. The lowest BCUT2D eigenvalue weighted by Crippen LogP contribution is -2.43. The summed E-state index contributed by atoms with van der Waals surface area (Å²) >= 11 is 0. The van der Waals surface area contributed by atoms with Crippen LogP contribution in [-0.4, -0.2) is 73.0 Å². The molecular weight excluding hydrogens is 480 g/mol. The number of fused-ring (bicyclic) bond motifs is 3. The number of nitrogens with zero attached hydrogens (tertiary/aromatic N) is 6. The van der Waals surface area contributed by atoms with E-state index in [1.807, 2.05) is 0 Å². The van der Waals surface area contributed by atoms with E-state index in [1.165, 1.54) is 32.6 Å². The summed E-state index contributed by atoms with van der Waals surface area (Å²) in [4.78, 5) is 70.8. The second kappa shape index (κ2) is 9.85. The molecule has 2 amide bonds. The minimum atomic E-state index is -0.548. The van der Waals surface area contributed by atoms with Crippen molar-refractivity contribution in [1.82, 2.24) is 34.4 Å². The largest absolute Gasteiger partial charge is 0.375 e. The molecule has 0 bridgehead atoms. The summed E-state index contributed by atoms with van der Waals surface area (Å²) in [6.45, 7) is 2.28. The van der Waals surface area contributed by atoms with Crippen molar-refractivity contribution in [3.05, 3.63) is 51.6 Å². The Balaban J connectivity index is 1.60. The predicted octanol–water partition coefficient (Wildman–Crippen LogP) is 0.858. The summed E-state index contributed by atoms with van der Waals surface area (Å²) in [5.41, 5.74) is 1.29. The Morgan fingerprint density at radius 1 is 1.11 bits per heavy atom. The van der Waals surface area contributed by atoms with Crippen molar-refractivity contribution >= 4 is 39.7 Å². The summed E-state index contributed by atoms with van der Waals surface area (Å²) in [5.74, 6) is -0.224. The number of H-pyrrole nitrogens is 1. The van der Waals surface area contributed by atoms with Crippen LogP contribution >= 0.6 is 0 Å². The predicted molar refractivity (Wildman–Crippen MR) is 134 cm³/mol. The first-order chi connectivity index (χ1) is 17.9. The number of nitrogens with one attached hydrogen (secondary N) is 2. The van der Waals surface area contributed by atoms with Crippen LogP contribution in [0.2, 0.25) is 0 Å². The van der Waals surface area contributed by atoms with Gasteiger partial charge in [-0.1, -0.05) is 0 Å². The van der Waals surface area contributed by atoms with Crippen LogP contribution in [0, 0.1) is 0 Å². The second-order valence-electron chi connectivity index (χ2n) is 8.74. The van der Waals surface area contributed by atoms with E-state index < -0.39 is 11.2 Å². The number of hydrogen-bond acceptors (Lipinski definition) is 9. The monoisotopic (exact) mass is 504 g/mol. The fraction of sp³-hybridized carbons (Fsp3) is 0.333. The summed E-state index contributed by atoms with van der Waals surface area (Å²) in [5, 5.41) is 2.75. The molecule has 0 radical (unpaired) electrons. The highest BCUT2D eigenvalue weighted by Crippen LogP contribution is 2.28. The molecule has 190 valence electrons. The zero-order valence-electron chi connectivity index (χ0n) is 20.2. The number of carbonyl (C=O) groups is 2. The number of carbonyl (C=O) groups excluding carboxylic acids is 2. The number of anilines is 1. The van der Waals surface area contributed by atoms with Crippen molar-refractivity contribution in [2.75, 3.05) is 32.1 Å². The molecule has 13 nitrogen and oxygen atoms in total. The summed E-state index contributed by atoms with van der Waals surface area (Å²) < 4.78 is 6.51. The third-order valence-electron chi connectivity index (χ3n) is 6.30. The lowest BCUT2D eigenvalue weighted by Gasteiger charge is -2.33. The van der Waals surface area contributed by atoms with E-state index in [0.717, 1.165) is 0 Å². The van der Waals surface area contributed by atoms with Gasteiger partial charge in [0.1, 0.15) is 12.1 Å². The fourth-order valence-corrected chi connectivity index (χ4v) is 4.57. The molecule has 0 atom stereocenters. The summed E-state index contributed by atoms with van der Waals surface area (Å²) in [7, 11) is 1.47. The van der Waals surface area contributed by atoms with Crippen LogP contribution in [0.15, 0.2) is 40.3 Å². The molecule has 0 aliphatic carbocycles. The SMILES string of the molecule is COCC(=O)N1CCC(n2c(=O)[nH]c(=O)c3cnc4ccc(-c5cnc(NC(C)=O)nc5)nc4c32)CC1. The van der Waals surface area contributed by atoms with Crippen molar-refractivity contribution in [3.63, 3.8) is 0 Å². The summed E-state index contributed by atoms with van der Waals surface area (Å²) in [6, 6.07) is 3.24. The maximum Gasteiger partial charge on any atom is 0.329 e. The Morgan fingerprint density at radius 2 is 1.84 bits per heavy atom. The fourth-order valence-electron chi connectivity index (χ4n) is 4.57. The summed E-state index contributed by atoms with van der Waals surface area (Å²) in [6.07, 6.45) is 5.54. The minimum absolute atomic E-state index is 0.00468. The van der Waals surface area contributed by atoms with Gasteiger partial charge in [-0.3, -0.25) is 34.2 Å². The molecule has 37 heavy (non-hydrogen) atoms. The highest BCUT2D eigenvalue weighted by Gasteiger charge is 2.27. The van der Waals surface area contributed by atoms with E-state index in [9.17, 15) is 19.2 Å². The number of ether oxygens (including phenoxy) is 1. The van der Waals surface area contributed by atoms with Crippen molar-refractivity contribution in [1.29, 1.82) is 0 Å². The maximum atomic E-state index is 13.1. The molecule has 0 spiro atoms. The van der Waals surface area contributed by atoms with Gasteiger partial charge < -0.3 is 9.64 Å². The lowest BCUT2D eigenvalue weighted by molar-refractivity contribution is -0.136. The van der Waals surface area contributed by atoms with Gasteiger partial charge in [0.15, 0.2) is 0 Å². The van der Waals surface area contributed by atoms with Gasteiger partial charge in [0.2, 0.25) is 17.8 Å². The number of piperidine rings is 1.